The maximum Gasteiger partial charge on any atom is 0.138 e. The molecule has 0 radical (unpaired) electrons. The number of aromatic nitrogens is 3. The monoisotopic (exact) mass is 459 g/mol. The number of benzene rings is 1. The molecule has 4 heterocycles. The Morgan fingerprint density at radius 3 is 2.53 bits per heavy atom. The van der Waals surface area contributed by atoms with Crippen LogP contribution in [0.5, 0.6) is 5.75 Å². The second-order valence-corrected chi connectivity index (χ2v) is 8.81. The van der Waals surface area contributed by atoms with Gasteiger partial charge in [0.05, 0.1) is 6.20 Å². The van der Waals surface area contributed by atoms with E-state index < -0.39 is 6.67 Å². The zero-order valence-corrected chi connectivity index (χ0v) is 19.3. The second-order valence-electron chi connectivity index (χ2n) is 8.81. The number of nitrogens with zero attached hydrogens (tertiary/aromatic N) is 3. The van der Waals surface area contributed by atoms with Crippen LogP contribution in [0.4, 0.5) is 10.2 Å². The molecule has 7 heteroatoms. The third kappa shape index (κ3) is 5.54. The predicted octanol–water partition coefficient (Wildman–Crippen LogP) is 5.10. The summed E-state index contributed by atoms with van der Waals surface area (Å²) in [5.74, 6) is 1.62. The Balaban J connectivity index is 1.18. The van der Waals surface area contributed by atoms with Gasteiger partial charge in [-0.2, -0.15) is 0 Å². The van der Waals surface area contributed by atoms with E-state index in [4.69, 9.17) is 4.74 Å². The number of rotatable bonds is 10. The zero-order chi connectivity index (χ0) is 23.2. The van der Waals surface area contributed by atoms with Crippen molar-refractivity contribution in [2.45, 2.75) is 32.5 Å². The van der Waals surface area contributed by atoms with E-state index in [9.17, 15) is 4.39 Å². The zero-order valence-electron chi connectivity index (χ0n) is 19.3. The fourth-order valence-electron chi connectivity index (χ4n) is 4.36. The number of hydrogen-bond acceptors (Lipinski definition) is 5. The van der Waals surface area contributed by atoms with Crippen molar-refractivity contribution in [1.29, 1.82) is 0 Å². The third-order valence-corrected chi connectivity index (χ3v) is 6.34. The van der Waals surface area contributed by atoms with Crippen LogP contribution in [0.2, 0.25) is 0 Å². The highest BCUT2D eigenvalue weighted by Crippen LogP contribution is 2.24. The summed E-state index contributed by atoms with van der Waals surface area (Å²) >= 11 is 0. The molecule has 1 aromatic carbocycles. The van der Waals surface area contributed by atoms with Gasteiger partial charge >= 0.3 is 0 Å². The standard InChI is InChI=1S/C27H30FN5O/c28-15-20-3-5-21(6-4-20)16-29-26-8-7-22(17-30-26)13-23-18-31-27-25(23)14-24(19-32-27)34-12-11-33-9-1-2-10-33/h3-8,14,17-19H,1-2,9-13,15-16H2,(H,29,30)(H,31,32). The number of aromatic amines is 1. The van der Waals surface area contributed by atoms with Gasteiger partial charge in [-0.1, -0.05) is 30.3 Å². The summed E-state index contributed by atoms with van der Waals surface area (Å²) in [6.45, 7) is 4.22. The minimum Gasteiger partial charge on any atom is -0.491 e. The van der Waals surface area contributed by atoms with Gasteiger partial charge in [0.15, 0.2) is 0 Å². The van der Waals surface area contributed by atoms with Crippen molar-refractivity contribution in [3.63, 3.8) is 0 Å². The number of ether oxygens (including phenoxy) is 1. The number of halogens is 1. The molecule has 0 spiro atoms. The molecule has 0 unspecified atom stereocenters. The fourth-order valence-corrected chi connectivity index (χ4v) is 4.36. The Morgan fingerprint density at radius 1 is 0.971 bits per heavy atom. The normalized spacial score (nSPS) is 14.0. The van der Waals surface area contributed by atoms with Gasteiger partial charge in [-0.05, 0) is 60.3 Å². The van der Waals surface area contributed by atoms with E-state index in [1.807, 2.05) is 42.7 Å². The van der Waals surface area contributed by atoms with Crippen molar-refractivity contribution in [2.75, 3.05) is 31.6 Å². The topological polar surface area (TPSA) is 66.1 Å². The molecule has 1 aliphatic heterocycles. The number of hydrogen-bond donors (Lipinski definition) is 2. The van der Waals surface area contributed by atoms with Crippen LogP contribution >= 0.6 is 0 Å². The van der Waals surface area contributed by atoms with Crippen LogP contribution in [0.3, 0.4) is 0 Å². The first-order chi connectivity index (χ1) is 16.8. The molecule has 0 saturated carbocycles. The average molecular weight is 460 g/mol. The van der Waals surface area contributed by atoms with E-state index in [0.29, 0.717) is 18.7 Å². The highest BCUT2D eigenvalue weighted by molar-refractivity contribution is 5.81. The van der Waals surface area contributed by atoms with E-state index >= 15 is 0 Å². The van der Waals surface area contributed by atoms with Crippen molar-refractivity contribution >= 4 is 16.9 Å². The van der Waals surface area contributed by atoms with Crippen molar-refractivity contribution in [2.24, 2.45) is 0 Å². The lowest BCUT2D eigenvalue weighted by atomic mass is 10.1. The lowest BCUT2D eigenvalue weighted by Crippen LogP contribution is -2.25. The van der Waals surface area contributed by atoms with Crippen LogP contribution < -0.4 is 10.1 Å². The summed E-state index contributed by atoms with van der Waals surface area (Å²) < 4.78 is 18.6. The Morgan fingerprint density at radius 2 is 1.76 bits per heavy atom. The van der Waals surface area contributed by atoms with Crippen molar-refractivity contribution in [3.05, 3.63) is 83.3 Å². The molecule has 5 rings (SSSR count). The van der Waals surface area contributed by atoms with Gasteiger partial charge in [0.2, 0.25) is 0 Å². The van der Waals surface area contributed by atoms with E-state index in [-0.39, 0.29) is 0 Å². The summed E-state index contributed by atoms with van der Waals surface area (Å²) in [4.78, 5) is 14.8. The van der Waals surface area contributed by atoms with Gasteiger partial charge in [-0.25, -0.2) is 14.4 Å². The highest BCUT2D eigenvalue weighted by Gasteiger charge is 2.12. The molecule has 1 fully saturated rings. The first-order valence-electron chi connectivity index (χ1n) is 11.9. The number of anilines is 1. The van der Waals surface area contributed by atoms with Crippen molar-refractivity contribution < 1.29 is 9.13 Å². The molecule has 176 valence electrons. The molecule has 0 bridgehead atoms. The number of H-pyrrole nitrogens is 1. The maximum atomic E-state index is 12.7. The van der Waals surface area contributed by atoms with Crippen molar-refractivity contribution in [1.82, 2.24) is 19.9 Å². The highest BCUT2D eigenvalue weighted by atomic mass is 19.1. The first kappa shape index (κ1) is 22.3. The molecule has 34 heavy (non-hydrogen) atoms. The largest absolute Gasteiger partial charge is 0.491 e. The van der Waals surface area contributed by atoms with Gasteiger partial charge < -0.3 is 15.0 Å². The van der Waals surface area contributed by atoms with E-state index in [2.05, 4.69) is 37.3 Å². The van der Waals surface area contributed by atoms with Crippen LogP contribution in [-0.4, -0.2) is 46.1 Å². The average Bonchev–Trinajstić information content (AvgIpc) is 3.54. The SMILES string of the molecule is FCc1ccc(CNc2ccc(Cc3c[nH]c4ncc(OCCN5CCCC5)cc34)cn2)cc1. The van der Waals surface area contributed by atoms with Gasteiger partial charge in [-0.15, -0.1) is 0 Å². The Labute approximate surface area is 199 Å². The summed E-state index contributed by atoms with van der Waals surface area (Å²) in [6.07, 6.45) is 9.05. The lowest BCUT2D eigenvalue weighted by Gasteiger charge is -2.14. The van der Waals surface area contributed by atoms with Crippen LogP contribution in [0.1, 0.15) is 35.1 Å². The Kier molecular flexibility index (Phi) is 7.00. The van der Waals surface area contributed by atoms with E-state index in [0.717, 1.165) is 46.7 Å². The molecule has 3 aromatic heterocycles. The van der Waals surface area contributed by atoms with Crippen molar-refractivity contribution in [3.8, 4) is 5.75 Å². The number of fused-ring (bicyclic) bond motifs is 1. The fraction of sp³-hybridized carbons (Fsp3) is 0.333. The lowest BCUT2D eigenvalue weighted by molar-refractivity contribution is 0.237. The molecular weight excluding hydrogens is 429 g/mol. The maximum absolute atomic E-state index is 12.7. The van der Waals surface area contributed by atoms with Gasteiger partial charge in [0, 0.05) is 37.3 Å². The molecule has 0 amide bonds. The summed E-state index contributed by atoms with van der Waals surface area (Å²) in [5, 5.41) is 4.40. The molecule has 2 N–H and O–H groups in total. The van der Waals surface area contributed by atoms with Gasteiger partial charge in [-0.3, -0.25) is 4.90 Å². The van der Waals surface area contributed by atoms with E-state index in [1.165, 1.54) is 31.5 Å². The molecule has 1 saturated heterocycles. The smallest absolute Gasteiger partial charge is 0.138 e. The first-order valence-corrected chi connectivity index (χ1v) is 11.9. The summed E-state index contributed by atoms with van der Waals surface area (Å²) in [6, 6.07) is 13.7. The Hall–Kier alpha value is -3.45. The quantitative estimate of drug-likeness (QED) is 0.345. The Bertz CT molecular complexity index is 1200. The molecular formula is C27H30FN5O. The number of likely N-dealkylation sites (tertiary alicyclic amines) is 1. The molecule has 1 aliphatic rings. The van der Waals surface area contributed by atoms with Crippen LogP contribution in [0, 0.1) is 0 Å². The minimum absolute atomic E-state index is 0.434. The molecule has 6 nitrogen and oxygen atoms in total. The van der Waals surface area contributed by atoms with Gasteiger partial charge in [0.1, 0.15) is 30.5 Å². The molecule has 0 atom stereocenters. The minimum atomic E-state index is -0.434. The van der Waals surface area contributed by atoms with E-state index in [1.54, 1.807) is 6.20 Å². The van der Waals surface area contributed by atoms with Gasteiger partial charge in [0.25, 0.3) is 0 Å². The van der Waals surface area contributed by atoms with Crippen LogP contribution in [0.15, 0.2) is 61.1 Å². The number of pyridine rings is 2. The number of nitrogens with one attached hydrogen (secondary N) is 2. The second kappa shape index (κ2) is 10.7. The molecule has 4 aromatic rings. The van der Waals surface area contributed by atoms with Crippen LogP contribution in [-0.2, 0) is 19.6 Å². The number of alkyl halides is 1. The van der Waals surface area contributed by atoms with Crippen LogP contribution in [0.25, 0.3) is 11.0 Å². The summed E-state index contributed by atoms with van der Waals surface area (Å²) in [5.41, 5.74) is 4.95. The third-order valence-electron chi connectivity index (χ3n) is 6.34. The predicted molar refractivity (Wildman–Crippen MR) is 133 cm³/mol. The summed E-state index contributed by atoms with van der Waals surface area (Å²) in [7, 11) is 0. The molecule has 0 aliphatic carbocycles.